The van der Waals surface area contributed by atoms with Crippen LogP contribution in [0, 0.1) is 11.8 Å². The molecule has 0 spiro atoms. The number of hydrogen-bond donors (Lipinski definition) is 2. The minimum absolute atomic E-state index is 0.0368. The molecule has 2 amide bonds. The van der Waals surface area contributed by atoms with Crippen molar-refractivity contribution in [2.24, 2.45) is 11.8 Å². The fraction of sp³-hybridized carbons (Fsp3) is 0.647. The second-order valence-electron chi connectivity index (χ2n) is 6.12. The van der Waals surface area contributed by atoms with E-state index in [1.807, 2.05) is 11.4 Å². The molecule has 1 atom stereocenters. The number of piperidine rings is 1. The Bertz CT molecular complexity index is 506. The van der Waals surface area contributed by atoms with Crippen molar-refractivity contribution in [3.8, 4) is 0 Å². The van der Waals surface area contributed by atoms with Crippen molar-refractivity contribution in [2.45, 2.75) is 45.6 Å². The van der Waals surface area contributed by atoms with Crippen LogP contribution in [0.3, 0.4) is 0 Å². The molecule has 0 radical (unpaired) electrons. The Balaban J connectivity index is 1.99. The zero-order valence-corrected chi connectivity index (χ0v) is 14.6. The zero-order valence-electron chi connectivity index (χ0n) is 13.8. The van der Waals surface area contributed by atoms with Crippen molar-refractivity contribution in [1.29, 1.82) is 0 Å². The van der Waals surface area contributed by atoms with Gasteiger partial charge >= 0.3 is 12.0 Å². The Hall–Kier alpha value is -1.56. The molecule has 128 valence electrons. The summed E-state index contributed by atoms with van der Waals surface area (Å²) in [5, 5.41) is 14.3. The molecule has 0 bridgehead atoms. The third-order valence-corrected chi connectivity index (χ3v) is 5.74. The lowest BCUT2D eigenvalue weighted by molar-refractivity contribution is -0.143. The van der Waals surface area contributed by atoms with Crippen LogP contribution in [0.1, 0.15) is 50.4 Å². The fourth-order valence-electron chi connectivity index (χ4n) is 3.20. The highest BCUT2D eigenvalue weighted by molar-refractivity contribution is 7.10. The first-order chi connectivity index (χ1) is 11.1. The van der Waals surface area contributed by atoms with Gasteiger partial charge < -0.3 is 15.3 Å². The first-order valence-corrected chi connectivity index (χ1v) is 9.26. The predicted molar refractivity (Wildman–Crippen MR) is 91.6 cm³/mol. The fourth-order valence-corrected chi connectivity index (χ4v) is 4.07. The number of carbonyl (C=O) groups is 2. The summed E-state index contributed by atoms with van der Waals surface area (Å²) in [4.78, 5) is 26.5. The maximum atomic E-state index is 12.6. The molecule has 1 aromatic rings. The van der Waals surface area contributed by atoms with Gasteiger partial charge in [0.25, 0.3) is 0 Å². The van der Waals surface area contributed by atoms with Crippen molar-refractivity contribution in [3.63, 3.8) is 0 Å². The number of aliphatic carboxylic acids is 1. The molecule has 23 heavy (non-hydrogen) atoms. The van der Waals surface area contributed by atoms with Gasteiger partial charge in [0.2, 0.25) is 0 Å². The molecule has 1 aromatic heterocycles. The number of nitrogens with zero attached hydrogens (tertiary/aromatic N) is 1. The van der Waals surface area contributed by atoms with E-state index in [4.69, 9.17) is 5.11 Å². The van der Waals surface area contributed by atoms with E-state index >= 15 is 0 Å². The molecule has 2 rings (SSSR count). The van der Waals surface area contributed by atoms with Gasteiger partial charge in [0.15, 0.2) is 0 Å². The Kier molecular flexibility index (Phi) is 6.45. The van der Waals surface area contributed by atoms with Gasteiger partial charge in [-0.15, -0.1) is 11.3 Å². The van der Waals surface area contributed by atoms with Crippen LogP contribution in [0.25, 0.3) is 0 Å². The number of nitrogens with one attached hydrogen (secondary N) is 1. The first-order valence-electron chi connectivity index (χ1n) is 8.38. The standard InChI is InChI=1S/C17H26N2O3S/c1-3-12(4-2)15(14-6-5-11-23-14)18-17(22)19-9-7-13(8-10-19)16(20)21/h5-6,11-13,15H,3-4,7-10H2,1-2H3,(H,18,22)(H,20,21). The summed E-state index contributed by atoms with van der Waals surface area (Å²) >= 11 is 1.67. The molecule has 2 N–H and O–H groups in total. The van der Waals surface area contributed by atoms with Crippen LogP contribution in [0.5, 0.6) is 0 Å². The van der Waals surface area contributed by atoms with Crippen LogP contribution in [0.15, 0.2) is 17.5 Å². The molecule has 5 nitrogen and oxygen atoms in total. The molecular weight excluding hydrogens is 312 g/mol. The maximum Gasteiger partial charge on any atom is 0.317 e. The molecule has 1 aliphatic heterocycles. The number of carboxylic acid groups (broad SMARTS) is 1. The number of rotatable bonds is 6. The Morgan fingerprint density at radius 1 is 1.35 bits per heavy atom. The Labute approximate surface area is 141 Å². The normalized spacial score (nSPS) is 17.3. The molecule has 1 aliphatic rings. The van der Waals surface area contributed by atoms with Gasteiger partial charge in [-0.25, -0.2) is 4.79 Å². The monoisotopic (exact) mass is 338 g/mol. The first kappa shape index (κ1) is 17.8. The van der Waals surface area contributed by atoms with Crippen molar-refractivity contribution in [1.82, 2.24) is 10.2 Å². The Morgan fingerprint density at radius 2 is 2.00 bits per heavy atom. The van der Waals surface area contributed by atoms with E-state index in [1.165, 1.54) is 4.88 Å². The van der Waals surface area contributed by atoms with Crippen molar-refractivity contribution < 1.29 is 14.7 Å². The van der Waals surface area contributed by atoms with Crippen LogP contribution in [0.2, 0.25) is 0 Å². The molecule has 0 saturated carbocycles. The van der Waals surface area contributed by atoms with Crippen molar-refractivity contribution in [3.05, 3.63) is 22.4 Å². The molecule has 1 fully saturated rings. The minimum atomic E-state index is -0.751. The smallest absolute Gasteiger partial charge is 0.317 e. The van der Waals surface area contributed by atoms with Crippen LogP contribution >= 0.6 is 11.3 Å². The van der Waals surface area contributed by atoms with Crippen LogP contribution in [-0.2, 0) is 4.79 Å². The number of carboxylic acids is 1. The van der Waals surface area contributed by atoms with E-state index in [0.717, 1.165) is 12.8 Å². The highest BCUT2D eigenvalue weighted by Gasteiger charge is 2.30. The maximum absolute atomic E-state index is 12.6. The van der Waals surface area contributed by atoms with Gasteiger partial charge in [0.1, 0.15) is 0 Å². The van der Waals surface area contributed by atoms with Gasteiger partial charge in [0.05, 0.1) is 12.0 Å². The summed E-state index contributed by atoms with van der Waals surface area (Å²) in [6.07, 6.45) is 3.11. The lowest BCUT2D eigenvalue weighted by Gasteiger charge is -2.33. The van der Waals surface area contributed by atoms with E-state index in [9.17, 15) is 9.59 Å². The summed E-state index contributed by atoms with van der Waals surface area (Å²) in [7, 11) is 0. The summed E-state index contributed by atoms with van der Waals surface area (Å²) in [5.41, 5.74) is 0. The summed E-state index contributed by atoms with van der Waals surface area (Å²) in [6.45, 7) is 5.34. The second kappa shape index (κ2) is 8.34. The summed E-state index contributed by atoms with van der Waals surface area (Å²) in [6, 6.07) is 4.05. The number of urea groups is 1. The molecule has 6 heteroatoms. The average molecular weight is 338 g/mol. The second-order valence-corrected chi connectivity index (χ2v) is 7.10. The molecule has 1 unspecified atom stereocenters. The predicted octanol–water partition coefficient (Wildman–Crippen LogP) is 3.73. The summed E-state index contributed by atoms with van der Waals surface area (Å²) in [5.74, 6) is -0.654. The number of carbonyl (C=O) groups excluding carboxylic acids is 1. The van der Waals surface area contributed by atoms with Crippen LogP contribution in [0.4, 0.5) is 4.79 Å². The van der Waals surface area contributed by atoms with Gasteiger partial charge in [-0.2, -0.15) is 0 Å². The number of likely N-dealkylation sites (tertiary alicyclic amines) is 1. The lowest BCUT2D eigenvalue weighted by atomic mass is 9.93. The van der Waals surface area contributed by atoms with E-state index in [2.05, 4.69) is 25.2 Å². The highest BCUT2D eigenvalue weighted by atomic mass is 32.1. The molecular formula is C17H26N2O3S. The van der Waals surface area contributed by atoms with Crippen molar-refractivity contribution >= 4 is 23.3 Å². The molecule has 1 saturated heterocycles. The van der Waals surface area contributed by atoms with Gasteiger partial charge in [-0.3, -0.25) is 4.79 Å². The van der Waals surface area contributed by atoms with Gasteiger partial charge in [0, 0.05) is 18.0 Å². The van der Waals surface area contributed by atoms with E-state index in [1.54, 1.807) is 16.2 Å². The van der Waals surface area contributed by atoms with Gasteiger partial charge in [-0.05, 0) is 30.2 Å². The quantitative estimate of drug-likeness (QED) is 0.830. The lowest BCUT2D eigenvalue weighted by Crippen LogP contribution is -2.47. The molecule has 0 aromatic carbocycles. The highest BCUT2D eigenvalue weighted by Crippen LogP contribution is 2.31. The van der Waals surface area contributed by atoms with Gasteiger partial charge in [-0.1, -0.05) is 32.8 Å². The third-order valence-electron chi connectivity index (χ3n) is 4.78. The number of hydrogen-bond acceptors (Lipinski definition) is 3. The van der Waals surface area contributed by atoms with Crippen LogP contribution in [-0.4, -0.2) is 35.1 Å². The largest absolute Gasteiger partial charge is 0.481 e. The van der Waals surface area contributed by atoms with E-state index in [-0.39, 0.29) is 18.0 Å². The SMILES string of the molecule is CCC(CC)C(NC(=O)N1CCC(C(=O)O)CC1)c1cccs1. The zero-order chi connectivity index (χ0) is 16.8. The van der Waals surface area contributed by atoms with E-state index in [0.29, 0.717) is 31.8 Å². The minimum Gasteiger partial charge on any atom is -0.481 e. The van der Waals surface area contributed by atoms with E-state index < -0.39 is 5.97 Å². The van der Waals surface area contributed by atoms with Crippen molar-refractivity contribution in [2.75, 3.05) is 13.1 Å². The molecule has 0 aliphatic carbocycles. The average Bonchev–Trinajstić information content (AvgIpc) is 3.09. The number of amides is 2. The number of thiophene rings is 1. The Morgan fingerprint density at radius 3 is 2.48 bits per heavy atom. The topological polar surface area (TPSA) is 69.6 Å². The summed E-state index contributed by atoms with van der Waals surface area (Å²) < 4.78 is 0. The third kappa shape index (κ3) is 4.47. The van der Waals surface area contributed by atoms with Crippen LogP contribution < -0.4 is 5.32 Å². The molecule has 2 heterocycles.